The van der Waals surface area contributed by atoms with Gasteiger partial charge in [0.2, 0.25) is 5.91 Å². The minimum absolute atomic E-state index is 0.00738. The number of carbonyl (C=O) groups is 2. The summed E-state index contributed by atoms with van der Waals surface area (Å²) >= 11 is 0. The maximum absolute atomic E-state index is 12.1. The first-order valence-corrected chi connectivity index (χ1v) is 8.29. The van der Waals surface area contributed by atoms with Crippen LogP contribution in [0.5, 0.6) is 5.75 Å². The molecule has 0 aliphatic carbocycles. The summed E-state index contributed by atoms with van der Waals surface area (Å²) in [5, 5.41) is 2.84. The number of likely N-dealkylation sites (N-methyl/N-ethyl adjacent to an activating group) is 1. The lowest BCUT2D eigenvalue weighted by Gasteiger charge is -2.16. The molecule has 0 aliphatic rings. The number of benzene rings is 2. The molecule has 0 fully saturated rings. The lowest BCUT2D eigenvalue weighted by Crippen LogP contribution is -2.29. The van der Waals surface area contributed by atoms with E-state index in [4.69, 9.17) is 4.74 Å². The van der Waals surface area contributed by atoms with E-state index in [1.165, 1.54) is 6.92 Å². The fourth-order valence-corrected chi connectivity index (χ4v) is 2.46. The zero-order valence-corrected chi connectivity index (χ0v) is 14.9. The Morgan fingerprint density at radius 1 is 1.04 bits per heavy atom. The zero-order valence-electron chi connectivity index (χ0n) is 14.9. The molecule has 2 aromatic rings. The Hall–Kier alpha value is -2.66. The molecule has 0 aliphatic heterocycles. The van der Waals surface area contributed by atoms with Crippen LogP contribution < -0.4 is 10.1 Å². The van der Waals surface area contributed by atoms with E-state index >= 15 is 0 Å². The van der Waals surface area contributed by atoms with Gasteiger partial charge in [-0.1, -0.05) is 12.1 Å². The number of Topliss-reactive ketones (excluding diaryl/α,β-unsaturated/α-hetero) is 1. The number of nitrogens with one attached hydrogen (secondary N) is 1. The van der Waals surface area contributed by atoms with Gasteiger partial charge in [-0.15, -0.1) is 0 Å². The summed E-state index contributed by atoms with van der Waals surface area (Å²) in [5.74, 6) is 0.762. The van der Waals surface area contributed by atoms with Crippen molar-refractivity contribution in [3.05, 3.63) is 59.7 Å². The average molecular weight is 340 g/mol. The van der Waals surface area contributed by atoms with Crippen LogP contribution in [-0.4, -0.2) is 36.8 Å². The van der Waals surface area contributed by atoms with Gasteiger partial charge in [0.1, 0.15) is 5.75 Å². The number of ketones is 1. The van der Waals surface area contributed by atoms with Crippen LogP contribution in [0.1, 0.15) is 29.8 Å². The van der Waals surface area contributed by atoms with E-state index in [9.17, 15) is 9.59 Å². The second-order valence-corrected chi connectivity index (χ2v) is 5.93. The van der Waals surface area contributed by atoms with Crippen LogP contribution in [0.2, 0.25) is 0 Å². The largest absolute Gasteiger partial charge is 0.494 e. The molecule has 0 bridgehead atoms. The molecule has 0 atom stereocenters. The Morgan fingerprint density at radius 2 is 1.68 bits per heavy atom. The summed E-state index contributed by atoms with van der Waals surface area (Å²) in [7, 11) is 1.90. The van der Waals surface area contributed by atoms with Crippen molar-refractivity contribution in [2.24, 2.45) is 0 Å². The molecule has 25 heavy (non-hydrogen) atoms. The average Bonchev–Trinajstić information content (AvgIpc) is 2.57. The topological polar surface area (TPSA) is 58.6 Å². The molecular formula is C20H24N2O3. The van der Waals surface area contributed by atoms with Crippen molar-refractivity contribution in [2.75, 3.05) is 25.5 Å². The quantitative estimate of drug-likeness (QED) is 0.749. The van der Waals surface area contributed by atoms with Crippen molar-refractivity contribution in [1.82, 2.24) is 4.90 Å². The molecule has 0 saturated carbocycles. The number of hydrogen-bond acceptors (Lipinski definition) is 4. The number of carbonyl (C=O) groups excluding carboxylic acids is 2. The molecule has 0 aromatic heterocycles. The molecule has 0 unspecified atom stereocenters. The van der Waals surface area contributed by atoms with Crippen LogP contribution in [0, 0.1) is 0 Å². The molecule has 5 nitrogen and oxygen atoms in total. The van der Waals surface area contributed by atoms with Gasteiger partial charge in [-0.05, 0) is 62.9 Å². The standard InChI is InChI=1S/C20H24N2O3/c1-4-25-19-11-5-16(6-12-19)13-22(3)14-20(24)21-18-9-7-17(8-10-18)15(2)23/h5-12H,4,13-14H2,1-3H3,(H,21,24). The Morgan fingerprint density at radius 3 is 2.24 bits per heavy atom. The van der Waals surface area contributed by atoms with Crippen molar-refractivity contribution in [3.8, 4) is 5.75 Å². The summed E-state index contributed by atoms with van der Waals surface area (Å²) in [4.78, 5) is 25.3. The molecule has 5 heteroatoms. The van der Waals surface area contributed by atoms with Crippen LogP contribution in [0.3, 0.4) is 0 Å². The van der Waals surface area contributed by atoms with Crippen LogP contribution in [-0.2, 0) is 11.3 Å². The molecule has 2 aromatic carbocycles. The van der Waals surface area contributed by atoms with E-state index in [1.807, 2.05) is 43.1 Å². The highest BCUT2D eigenvalue weighted by Gasteiger charge is 2.08. The summed E-state index contributed by atoms with van der Waals surface area (Å²) in [5.41, 5.74) is 2.43. The predicted octanol–water partition coefficient (Wildman–Crippen LogP) is 3.36. The second-order valence-electron chi connectivity index (χ2n) is 5.93. The highest BCUT2D eigenvalue weighted by Crippen LogP contribution is 2.14. The molecule has 1 amide bonds. The van der Waals surface area contributed by atoms with E-state index in [0.29, 0.717) is 24.4 Å². The normalized spacial score (nSPS) is 10.6. The summed E-state index contributed by atoms with van der Waals surface area (Å²) < 4.78 is 5.42. The molecule has 132 valence electrons. The lowest BCUT2D eigenvalue weighted by atomic mass is 10.1. The van der Waals surface area contributed by atoms with Crippen molar-refractivity contribution in [3.63, 3.8) is 0 Å². The maximum atomic E-state index is 12.1. The maximum Gasteiger partial charge on any atom is 0.238 e. The van der Waals surface area contributed by atoms with E-state index < -0.39 is 0 Å². The third-order valence-corrected chi connectivity index (χ3v) is 3.68. The van der Waals surface area contributed by atoms with Crippen LogP contribution >= 0.6 is 0 Å². The fraction of sp³-hybridized carbons (Fsp3) is 0.300. The third-order valence-electron chi connectivity index (χ3n) is 3.68. The van der Waals surface area contributed by atoms with Gasteiger partial charge in [-0.2, -0.15) is 0 Å². The molecule has 0 spiro atoms. The van der Waals surface area contributed by atoms with Gasteiger partial charge < -0.3 is 10.1 Å². The van der Waals surface area contributed by atoms with Gasteiger partial charge in [0.15, 0.2) is 5.78 Å². The molecule has 0 saturated heterocycles. The Kier molecular flexibility index (Phi) is 6.71. The monoisotopic (exact) mass is 340 g/mol. The summed E-state index contributed by atoms with van der Waals surface area (Å²) in [6.45, 7) is 5.06. The Labute approximate surface area is 148 Å². The Balaban J connectivity index is 1.83. The molecule has 0 radical (unpaired) electrons. The van der Waals surface area contributed by atoms with E-state index in [-0.39, 0.29) is 18.2 Å². The number of rotatable bonds is 8. The van der Waals surface area contributed by atoms with Gasteiger partial charge in [0, 0.05) is 17.8 Å². The highest BCUT2D eigenvalue weighted by atomic mass is 16.5. The van der Waals surface area contributed by atoms with Gasteiger partial charge in [0.25, 0.3) is 0 Å². The van der Waals surface area contributed by atoms with Crippen LogP contribution in [0.25, 0.3) is 0 Å². The SMILES string of the molecule is CCOc1ccc(CN(C)CC(=O)Nc2ccc(C(C)=O)cc2)cc1. The van der Waals surface area contributed by atoms with Crippen molar-refractivity contribution >= 4 is 17.4 Å². The minimum Gasteiger partial charge on any atom is -0.494 e. The van der Waals surface area contributed by atoms with Gasteiger partial charge in [0.05, 0.1) is 13.2 Å². The molecule has 0 heterocycles. The van der Waals surface area contributed by atoms with E-state index in [1.54, 1.807) is 24.3 Å². The van der Waals surface area contributed by atoms with Gasteiger partial charge in [-0.3, -0.25) is 14.5 Å². The lowest BCUT2D eigenvalue weighted by molar-refractivity contribution is -0.117. The molecule has 1 N–H and O–H groups in total. The fourth-order valence-electron chi connectivity index (χ4n) is 2.46. The van der Waals surface area contributed by atoms with E-state index in [0.717, 1.165) is 11.3 Å². The van der Waals surface area contributed by atoms with Crippen LogP contribution in [0.15, 0.2) is 48.5 Å². The molecule has 2 rings (SSSR count). The Bertz CT molecular complexity index is 709. The summed E-state index contributed by atoms with van der Waals surface area (Å²) in [6, 6.07) is 14.8. The van der Waals surface area contributed by atoms with Gasteiger partial charge >= 0.3 is 0 Å². The van der Waals surface area contributed by atoms with Crippen LogP contribution in [0.4, 0.5) is 5.69 Å². The number of amides is 1. The first-order chi connectivity index (χ1) is 12.0. The van der Waals surface area contributed by atoms with Crippen molar-refractivity contribution in [2.45, 2.75) is 20.4 Å². The smallest absolute Gasteiger partial charge is 0.238 e. The summed E-state index contributed by atoms with van der Waals surface area (Å²) in [6.07, 6.45) is 0. The third kappa shape index (κ3) is 6.04. The number of nitrogens with zero attached hydrogens (tertiary/aromatic N) is 1. The van der Waals surface area contributed by atoms with Crippen molar-refractivity contribution in [1.29, 1.82) is 0 Å². The predicted molar refractivity (Wildman–Crippen MR) is 99.0 cm³/mol. The van der Waals surface area contributed by atoms with E-state index in [2.05, 4.69) is 5.32 Å². The zero-order chi connectivity index (χ0) is 18.2. The number of hydrogen-bond donors (Lipinski definition) is 1. The van der Waals surface area contributed by atoms with Gasteiger partial charge in [-0.25, -0.2) is 0 Å². The second kappa shape index (κ2) is 8.99. The number of anilines is 1. The first-order valence-electron chi connectivity index (χ1n) is 8.29. The molecular weight excluding hydrogens is 316 g/mol. The minimum atomic E-state index is -0.0935. The first kappa shape index (κ1) is 18.7. The number of ether oxygens (including phenoxy) is 1. The van der Waals surface area contributed by atoms with Crippen molar-refractivity contribution < 1.29 is 14.3 Å². The highest BCUT2D eigenvalue weighted by molar-refractivity contribution is 5.96.